The minimum absolute atomic E-state index is 0.00617. The van der Waals surface area contributed by atoms with Gasteiger partial charge in [0, 0.05) is 48.4 Å². The number of nitrogens with one attached hydrogen (secondary N) is 2. The van der Waals surface area contributed by atoms with Crippen molar-refractivity contribution in [2.75, 3.05) is 18.9 Å². The summed E-state index contributed by atoms with van der Waals surface area (Å²) in [6, 6.07) is 11.3. The molecule has 0 radical (unpaired) electrons. The number of anilines is 1. The molecular weight excluding hydrogens is 407 g/mol. The van der Waals surface area contributed by atoms with E-state index in [1.807, 2.05) is 44.2 Å². The number of carbonyl (C=O) groups is 1. The van der Waals surface area contributed by atoms with Gasteiger partial charge in [0.2, 0.25) is 0 Å². The standard InChI is InChI=1S/C24H23FN6O/c1-14(10-28-21-9-20(30-13-31-21)16-8-7-15(2)27-11-16)17-5-4-6-18-22(24(32)26-3)19(25)12-29-23(17)18/h4-9,11-14H,10H2,1-3H3,(H,26,32)(H,28,30,31)/t14-/m1/s1. The van der Waals surface area contributed by atoms with Crippen molar-refractivity contribution >= 4 is 22.6 Å². The van der Waals surface area contributed by atoms with Crippen molar-refractivity contribution in [2.24, 2.45) is 0 Å². The van der Waals surface area contributed by atoms with Gasteiger partial charge in [0.05, 0.1) is 23.0 Å². The Kier molecular flexibility index (Phi) is 6.02. The summed E-state index contributed by atoms with van der Waals surface area (Å²) >= 11 is 0. The number of aromatic nitrogens is 4. The van der Waals surface area contributed by atoms with Crippen LogP contribution in [0.4, 0.5) is 10.2 Å². The first-order valence-corrected chi connectivity index (χ1v) is 10.3. The van der Waals surface area contributed by atoms with E-state index in [0.29, 0.717) is 23.3 Å². The van der Waals surface area contributed by atoms with Crippen molar-refractivity contribution in [1.82, 2.24) is 25.3 Å². The summed E-state index contributed by atoms with van der Waals surface area (Å²) in [6.45, 7) is 4.54. The summed E-state index contributed by atoms with van der Waals surface area (Å²) in [5, 5.41) is 6.32. The second-order valence-corrected chi connectivity index (χ2v) is 7.56. The minimum atomic E-state index is -0.640. The number of para-hydroxylation sites is 1. The highest BCUT2D eigenvalue weighted by atomic mass is 19.1. The van der Waals surface area contributed by atoms with Gasteiger partial charge in [-0.15, -0.1) is 0 Å². The Balaban J connectivity index is 1.57. The van der Waals surface area contributed by atoms with Gasteiger partial charge >= 0.3 is 0 Å². The van der Waals surface area contributed by atoms with Crippen LogP contribution < -0.4 is 10.6 Å². The molecule has 0 saturated heterocycles. The van der Waals surface area contributed by atoms with Gasteiger partial charge in [0.15, 0.2) is 5.82 Å². The maximum absolute atomic E-state index is 14.3. The van der Waals surface area contributed by atoms with Gasteiger partial charge in [0.25, 0.3) is 5.91 Å². The molecule has 3 heterocycles. The van der Waals surface area contributed by atoms with Crippen LogP contribution in [0.25, 0.3) is 22.2 Å². The number of hydrogen-bond donors (Lipinski definition) is 2. The third kappa shape index (κ3) is 4.25. The van der Waals surface area contributed by atoms with E-state index in [0.717, 1.165) is 28.7 Å². The first kappa shape index (κ1) is 21.3. The van der Waals surface area contributed by atoms with Gasteiger partial charge < -0.3 is 10.6 Å². The van der Waals surface area contributed by atoms with Crippen molar-refractivity contribution in [3.8, 4) is 11.3 Å². The lowest BCUT2D eigenvalue weighted by molar-refractivity contribution is 0.0961. The number of carbonyl (C=O) groups excluding carboxylic acids is 1. The lowest BCUT2D eigenvalue weighted by atomic mass is 9.96. The Morgan fingerprint density at radius 2 is 1.94 bits per heavy atom. The monoisotopic (exact) mass is 430 g/mol. The Morgan fingerprint density at radius 1 is 1.09 bits per heavy atom. The Bertz CT molecular complexity index is 1280. The molecule has 0 aliphatic rings. The Labute approximate surface area is 185 Å². The van der Waals surface area contributed by atoms with Gasteiger partial charge in [-0.3, -0.25) is 14.8 Å². The van der Waals surface area contributed by atoms with Crippen LogP contribution in [0.2, 0.25) is 0 Å². The third-order valence-corrected chi connectivity index (χ3v) is 5.33. The lowest BCUT2D eigenvalue weighted by Gasteiger charge is -2.17. The van der Waals surface area contributed by atoms with Crippen LogP contribution in [-0.4, -0.2) is 39.4 Å². The van der Waals surface area contributed by atoms with E-state index in [1.165, 1.54) is 13.4 Å². The fraction of sp³-hybridized carbons (Fsp3) is 0.208. The average molecular weight is 430 g/mol. The van der Waals surface area contributed by atoms with Gasteiger partial charge in [-0.2, -0.15) is 0 Å². The second-order valence-electron chi connectivity index (χ2n) is 7.56. The highest BCUT2D eigenvalue weighted by Crippen LogP contribution is 2.28. The average Bonchev–Trinajstić information content (AvgIpc) is 2.82. The topological polar surface area (TPSA) is 92.7 Å². The molecule has 0 spiro atoms. The van der Waals surface area contributed by atoms with Crippen LogP contribution in [0.5, 0.6) is 0 Å². The Hall–Kier alpha value is -3.94. The highest BCUT2D eigenvalue weighted by Gasteiger charge is 2.19. The number of fused-ring (bicyclic) bond motifs is 1. The first-order valence-electron chi connectivity index (χ1n) is 10.3. The van der Waals surface area contributed by atoms with Crippen LogP contribution in [0, 0.1) is 12.7 Å². The maximum Gasteiger partial charge on any atom is 0.254 e. The number of halogens is 1. The molecule has 1 amide bonds. The predicted molar refractivity (Wildman–Crippen MR) is 122 cm³/mol. The number of rotatable bonds is 6. The number of pyridine rings is 2. The lowest BCUT2D eigenvalue weighted by Crippen LogP contribution is -2.20. The summed E-state index contributed by atoms with van der Waals surface area (Å²) in [5.74, 6) is -0.405. The molecule has 0 aliphatic carbocycles. The van der Waals surface area contributed by atoms with Crippen molar-refractivity contribution in [1.29, 1.82) is 0 Å². The number of benzene rings is 1. The van der Waals surface area contributed by atoms with E-state index in [-0.39, 0.29) is 11.5 Å². The molecule has 0 bridgehead atoms. The van der Waals surface area contributed by atoms with Crippen LogP contribution in [0.3, 0.4) is 0 Å². The summed E-state index contributed by atoms with van der Waals surface area (Å²) in [5.41, 5.74) is 4.16. The molecule has 0 aliphatic heterocycles. The third-order valence-electron chi connectivity index (χ3n) is 5.33. The fourth-order valence-electron chi connectivity index (χ4n) is 3.57. The van der Waals surface area contributed by atoms with E-state index in [2.05, 4.69) is 30.6 Å². The summed E-state index contributed by atoms with van der Waals surface area (Å²) < 4.78 is 14.3. The van der Waals surface area contributed by atoms with Gasteiger partial charge in [0.1, 0.15) is 12.1 Å². The number of aryl methyl sites for hydroxylation is 1. The molecule has 1 aromatic carbocycles. The molecule has 4 rings (SSSR count). The van der Waals surface area contributed by atoms with Gasteiger partial charge in [-0.05, 0) is 24.6 Å². The van der Waals surface area contributed by atoms with Crippen molar-refractivity contribution in [3.63, 3.8) is 0 Å². The van der Waals surface area contributed by atoms with Crippen LogP contribution in [-0.2, 0) is 0 Å². The van der Waals surface area contributed by atoms with Gasteiger partial charge in [-0.25, -0.2) is 14.4 Å². The molecule has 0 saturated carbocycles. The molecular formula is C24H23FN6O. The van der Waals surface area contributed by atoms with Crippen LogP contribution >= 0.6 is 0 Å². The Morgan fingerprint density at radius 3 is 2.69 bits per heavy atom. The van der Waals surface area contributed by atoms with Crippen LogP contribution in [0.15, 0.2) is 55.1 Å². The fourth-order valence-corrected chi connectivity index (χ4v) is 3.57. The molecule has 0 unspecified atom stereocenters. The van der Waals surface area contributed by atoms with Crippen LogP contribution in [0.1, 0.15) is 34.5 Å². The molecule has 3 aromatic heterocycles. The number of hydrogen-bond acceptors (Lipinski definition) is 6. The van der Waals surface area contributed by atoms with E-state index in [1.54, 1.807) is 12.3 Å². The zero-order valence-corrected chi connectivity index (χ0v) is 18.1. The molecule has 162 valence electrons. The van der Waals surface area contributed by atoms with Crippen molar-refractivity contribution in [2.45, 2.75) is 19.8 Å². The van der Waals surface area contributed by atoms with E-state index < -0.39 is 11.7 Å². The van der Waals surface area contributed by atoms with Crippen molar-refractivity contribution in [3.05, 3.63) is 77.8 Å². The van der Waals surface area contributed by atoms with Crippen molar-refractivity contribution < 1.29 is 9.18 Å². The molecule has 4 aromatic rings. The molecule has 8 heteroatoms. The van der Waals surface area contributed by atoms with E-state index >= 15 is 0 Å². The minimum Gasteiger partial charge on any atom is -0.369 e. The summed E-state index contributed by atoms with van der Waals surface area (Å²) in [7, 11) is 1.48. The predicted octanol–water partition coefficient (Wildman–Crippen LogP) is 4.11. The molecule has 2 N–H and O–H groups in total. The summed E-state index contributed by atoms with van der Waals surface area (Å²) in [6.07, 6.45) is 4.40. The number of amides is 1. The number of nitrogens with zero attached hydrogens (tertiary/aromatic N) is 4. The molecule has 7 nitrogen and oxygen atoms in total. The SMILES string of the molecule is CNC(=O)c1c(F)cnc2c([C@H](C)CNc3cc(-c4ccc(C)nc4)ncn3)cccc12. The quantitative estimate of drug-likeness (QED) is 0.478. The van der Waals surface area contributed by atoms with E-state index in [9.17, 15) is 9.18 Å². The zero-order valence-electron chi connectivity index (χ0n) is 18.1. The molecule has 1 atom stereocenters. The van der Waals surface area contributed by atoms with Gasteiger partial charge in [-0.1, -0.05) is 25.1 Å². The maximum atomic E-state index is 14.3. The largest absolute Gasteiger partial charge is 0.369 e. The first-order chi connectivity index (χ1) is 15.5. The smallest absolute Gasteiger partial charge is 0.254 e. The second kappa shape index (κ2) is 9.05. The zero-order chi connectivity index (χ0) is 22.7. The normalized spacial score (nSPS) is 11.9. The molecule has 32 heavy (non-hydrogen) atoms. The summed E-state index contributed by atoms with van der Waals surface area (Å²) in [4.78, 5) is 29.4. The molecule has 0 fully saturated rings. The highest BCUT2D eigenvalue weighted by molar-refractivity contribution is 6.06. The van der Waals surface area contributed by atoms with E-state index in [4.69, 9.17) is 0 Å².